The van der Waals surface area contributed by atoms with Gasteiger partial charge in [-0.3, -0.25) is 4.79 Å². The Kier molecular flexibility index (Phi) is 4.49. The van der Waals surface area contributed by atoms with E-state index in [2.05, 4.69) is 17.2 Å². The van der Waals surface area contributed by atoms with E-state index in [0.29, 0.717) is 6.42 Å². The Labute approximate surface area is 96.0 Å². The number of hydrogen-bond acceptors (Lipinski definition) is 3. The number of carbonyl (C=O) groups excluding carboxylic acids is 1. The molecule has 1 heterocycles. The fraction of sp³-hybridized carbons (Fsp3) is 0.636. The third-order valence-corrected chi connectivity index (χ3v) is 2.74. The van der Waals surface area contributed by atoms with Crippen molar-refractivity contribution < 1.29 is 4.79 Å². The monoisotopic (exact) mass is 224 g/mol. The van der Waals surface area contributed by atoms with Gasteiger partial charge in [-0.25, -0.2) is 4.98 Å². The SMILES string of the molecule is CCCNC(C)(CCn1ccnc1)C(N)=O. The zero-order valence-electron chi connectivity index (χ0n) is 9.94. The maximum absolute atomic E-state index is 11.4. The highest BCUT2D eigenvalue weighted by Crippen LogP contribution is 2.10. The summed E-state index contributed by atoms with van der Waals surface area (Å²) in [6.45, 7) is 5.44. The van der Waals surface area contributed by atoms with E-state index in [9.17, 15) is 4.79 Å². The van der Waals surface area contributed by atoms with Crippen molar-refractivity contribution in [2.24, 2.45) is 5.73 Å². The molecule has 1 aromatic heterocycles. The van der Waals surface area contributed by atoms with Crippen LogP contribution in [0.25, 0.3) is 0 Å². The number of hydrogen-bond donors (Lipinski definition) is 2. The summed E-state index contributed by atoms with van der Waals surface area (Å²) in [5.74, 6) is -0.305. The zero-order chi connectivity index (χ0) is 12.0. The molecule has 1 amide bonds. The molecule has 0 aliphatic rings. The normalized spacial score (nSPS) is 14.6. The van der Waals surface area contributed by atoms with Gasteiger partial charge in [0.25, 0.3) is 0 Å². The largest absolute Gasteiger partial charge is 0.368 e. The van der Waals surface area contributed by atoms with Gasteiger partial charge in [0, 0.05) is 18.9 Å². The lowest BCUT2D eigenvalue weighted by Gasteiger charge is -2.27. The Morgan fingerprint density at radius 2 is 2.38 bits per heavy atom. The molecule has 1 rings (SSSR count). The summed E-state index contributed by atoms with van der Waals surface area (Å²) in [4.78, 5) is 15.4. The minimum absolute atomic E-state index is 0.305. The first-order valence-corrected chi connectivity index (χ1v) is 5.59. The van der Waals surface area contributed by atoms with E-state index in [1.165, 1.54) is 0 Å². The predicted molar refractivity (Wildman–Crippen MR) is 62.7 cm³/mol. The van der Waals surface area contributed by atoms with Crippen molar-refractivity contribution in [1.29, 1.82) is 0 Å². The Morgan fingerprint density at radius 1 is 1.62 bits per heavy atom. The van der Waals surface area contributed by atoms with Gasteiger partial charge in [-0.2, -0.15) is 0 Å². The van der Waals surface area contributed by atoms with Crippen LogP contribution in [0.2, 0.25) is 0 Å². The summed E-state index contributed by atoms with van der Waals surface area (Å²) in [5.41, 5.74) is 4.79. The van der Waals surface area contributed by atoms with Crippen LogP contribution < -0.4 is 11.1 Å². The number of nitrogens with one attached hydrogen (secondary N) is 1. The molecule has 1 unspecified atom stereocenters. The van der Waals surface area contributed by atoms with Crippen molar-refractivity contribution in [3.63, 3.8) is 0 Å². The van der Waals surface area contributed by atoms with E-state index < -0.39 is 5.54 Å². The summed E-state index contributed by atoms with van der Waals surface area (Å²) < 4.78 is 1.94. The Morgan fingerprint density at radius 3 is 2.88 bits per heavy atom. The highest BCUT2D eigenvalue weighted by Gasteiger charge is 2.29. The van der Waals surface area contributed by atoms with Crippen LogP contribution in [0.5, 0.6) is 0 Å². The topological polar surface area (TPSA) is 72.9 Å². The molecule has 0 aromatic carbocycles. The van der Waals surface area contributed by atoms with E-state index in [1.54, 1.807) is 12.5 Å². The van der Waals surface area contributed by atoms with Gasteiger partial charge in [-0.1, -0.05) is 6.92 Å². The van der Waals surface area contributed by atoms with Gasteiger partial charge < -0.3 is 15.6 Å². The summed E-state index contributed by atoms with van der Waals surface area (Å²) in [7, 11) is 0. The number of rotatable bonds is 7. The van der Waals surface area contributed by atoms with Crippen LogP contribution in [0, 0.1) is 0 Å². The van der Waals surface area contributed by atoms with Gasteiger partial charge in [-0.05, 0) is 26.3 Å². The first-order valence-electron chi connectivity index (χ1n) is 5.59. The van der Waals surface area contributed by atoms with Crippen molar-refractivity contribution in [3.8, 4) is 0 Å². The highest BCUT2D eigenvalue weighted by atomic mass is 16.1. The van der Waals surface area contributed by atoms with Crippen LogP contribution in [-0.2, 0) is 11.3 Å². The molecule has 90 valence electrons. The van der Waals surface area contributed by atoms with Gasteiger partial charge in [-0.15, -0.1) is 0 Å². The Balaban J connectivity index is 2.53. The molecule has 0 aliphatic heterocycles. The minimum atomic E-state index is -0.639. The molecule has 0 fully saturated rings. The number of imidazole rings is 1. The van der Waals surface area contributed by atoms with E-state index in [-0.39, 0.29) is 5.91 Å². The first-order chi connectivity index (χ1) is 7.58. The molecule has 0 saturated carbocycles. The lowest BCUT2D eigenvalue weighted by molar-refractivity contribution is -0.124. The third-order valence-electron chi connectivity index (χ3n) is 2.74. The lowest BCUT2D eigenvalue weighted by Crippen LogP contribution is -2.53. The van der Waals surface area contributed by atoms with Crippen LogP contribution in [0.3, 0.4) is 0 Å². The fourth-order valence-corrected chi connectivity index (χ4v) is 1.47. The molecule has 0 spiro atoms. The summed E-state index contributed by atoms with van der Waals surface area (Å²) in [5, 5.41) is 3.20. The lowest BCUT2D eigenvalue weighted by atomic mass is 9.96. The standard InChI is InChI=1S/C11H20N4O/c1-3-5-14-11(2,10(12)16)4-7-15-8-6-13-9-15/h6,8-9,14H,3-5,7H2,1-2H3,(H2,12,16). The molecule has 1 aromatic rings. The molecule has 0 radical (unpaired) electrons. The maximum Gasteiger partial charge on any atom is 0.237 e. The average molecular weight is 224 g/mol. The van der Waals surface area contributed by atoms with Gasteiger partial charge >= 0.3 is 0 Å². The molecule has 1 atom stereocenters. The molecular formula is C11H20N4O. The molecule has 5 heteroatoms. The maximum atomic E-state index is 11.4. The van der Waals surface area contributed by atoms with E-state index in [4.69, 9.17) is 5.73 Å². The van der Waals surface area contributed by atoms with Crippen molar-refractivity contribution in [1.82, 2.24) is 14.9 Å². The number of nitrogens with zero attached hydrogens (tertiary/aromatic N) is 2. The predicted octanol–water partition coefficient (Wildman–Crippen LogP) is 0.517. The van der Waals surface area contributed by atoms with Crippen LogP contribution in [0.1, 0.15) is 26.7 Å². The van der Waals surface area contributed by atoms with E-state index >= 15 is 0 Å². The summed E-state index contributed by atoms with van der Waals surface area (Å²) in [6.07, 6.45) is 6.98. The molecule has 0 aliphatic carbocycles. The van der Waals surface area contributed by atoms with Crippen molar-refractivity contribution >= 4 is 5.91 Å². The van der Waals surface area contributed by atoms with Crippen LogP contribution in [0.4, 0.5) is 0 Å². The highest BCUT2D eigenvalue weighted by molar-refractivity contribution is 5.84. The number of aryl methyl sites for hydroxylation is 1. The number of primary amides is 1. The Bertz CT molecular complexity index is 323. The minimum Gasteiger partial charge on any atom is -0.368 e. The van der Waals surface area contributed by atoms with Crippen molar-refractivity contribution in [3.05, 3.63) is 18.7 Å². The second kappa shape index (κ2) is 5.65. The molecule has 0 bridgehead atoms. The average Bonchev–Trinajstić information content (AvgIpc) is 2.76. The quantitative estimate of drug-likeness (QED) is 0.709. The van der Waals surface area contributed by atoms with Gasteiger partial charge in [0.15, 0.2) is 0 Å². The fourth-order valence-electron chi connectivity index (χ4n) is 1.47. The number of nitrogens with two attached hydrogens (primary N) is 1. The summed E-state index contributed by atoms with van der Waals surface area (Å²) in [6, 6.07) is 0. The van der Waals surface area contributed by atoms with E-state index in [0.717, 1.165) is 19.5 Å². The van der Waals surface area contributed by atoms with Crippen LogP contribution in [-0.4, -0.2) is 27.5 Å². The number of aromatic nitrogens is 2. The zero-order valence-corrected chi connectivity index (χ0v) is 9.94. The third kappa shape index (κ3) is 3.34. The van der Waals surface area contributed by atoms with Gasteiger partial charge in [0.05, 0.1) is 11.9 Å². The first kappa shape index (κ1) is 12.7. The van der Waals surface area contributed by atoms with Crippen molar-refractivity contribution in [2.45, 2.75) is 38.8 Å². The van der Waals surface area contributed by atoms with Crippen molar-refractivity contribution in [2.75, 3.05) is 6.54 Å². The number of carbonyl (C=O) groups is 1. The molecular weight excluding hydrogens is 204 g/mol. The second-order valence-corrected chi connectivity index (χ2v) is 4.17. The molecule has 3 N–H and O–H groups in total. The van der Waals surface area contributed by atoms with Gasteiger partial charge in [0.1, 0.15) is 0 Å². The second-order valence-electron chi connectivity index (χ2n) is 4.17. The molecule has 16 heavy (non-hydrogen) atoms. The van der Waals surface area contributed by atoms with E-state index in [1.807, 2.05) is 17.7 Å². The van der Waals surface area contributed by atoms with Crippen LogP contribution >= 0.6 is 0 Å². The van der Waals surface area contributed by atoms with Crippen LogP contribution in [0.15, 0.2) is 18.7 Å². The smallest absolute Gasteiger partial charge is 0.237 e. The molecule has 5 nitrogen and oxygen atoms in total. The summed E-state index contributed by atoms with van der Waals surface area (Å²) >= 11 is 0. The molecule has 0 saturated heterocycles. The number of amides is 1. The Hall–Kier alpha value is -1.36. The van der Waals surface area contributed by atoms with Gasteiger partial charge in [0.2, 0.25) is 5.91 Å².